The Morgan fingerprint density at radius 1 is 1.40 bits per heavy atom. The number of piperidine rings is 1. The van der Waals surface area contributed by atoms with Gasteiger partial charge in [-0.2, -0.15) is 5.26 Å². The van der Waals surface area contributed by atoms with Crippen LogP contribution in [0.15, 0.2) is 18.3 Å². The van der Waals surface area contributed by atoms with Crippen LogP contribution in [-0.2, 0) is 0 Å². The summed E-state index contributed by atoms with van der Waals surface area (Å²) in [6.45, 7) is 2.04. The summed E-state index contributed by atoms with van der Waals surface area (Å²) in [7, 11) is 0. The molecule has 0 radical (unpaired) electrons. The molecule has 1 saturated carbocycles. The first-order valence-corrected chi connectivity index (χ1v) is 5.16. The predicted molar refractivity (Wildman–Crippen MR) is 56.1 cm³/mol. The van der Waals surface area contributed by atoms with Crippen LogP contribution in [-0.4, -0.2) is 24.1 Å². The molecular formula is C11H12N4. The molecule has 15 heavy (non-hydrogen) atoms. The van der Waals surface area contributed by atoms with E-state index in [1.807, 2.05) is 12.1 Å². The van der Waals surface area contributed by atoms with Crippen molar-refractivity contribution in [2.24, 2.45) is 17.6 Å². The maximum absolute atomic E-state index is 8.66. The highest BCUT2D eigenvalue weighted by Gasteiger charge is 2.53. The molecule has 1 aliphatic heterocycles. The SMILES string of the molecule is N#Cc1ccc(N2CC3[C@@H](N)[C@H]3C2)nc1. The van der Waals surface area contributed by atoms with Crippen molar-refractivity contribution in [3.05, 3.63) is 23.9 Å². The molecule has 3 atom stereocenters. The Morgan fingerprint density at radius 3 is 2.67 bits per heavy atom. The van der Waals surface area contributed by atoms with Crippen molar-refractivity contribution in [1.29, 1.82) is 5.26 Å². The summed E-state index contributed by atoms with van der Waals surface area (Å²) in [6, 6.07) is 6.21. The number of nitrogens with zero attached hydrogens (tertiary/aromatic N) is 3. The Labute approximate surface area is 88.3 Å². The predicted octanol–water partition coefficient (Wildman–Crippen LogP) is 0.347. The van der Waals surface area contributed by atoms with Crippen LogP contribution in [0.5, 0.6) is 0 Å². The van der Waals surface area contributed by atoms with Crippen molar-refractivity contribution >= 4 is 5.82 Å². The van der Waals surface area contributed by atoms with Gasteiger partial charge < -0.3 is 10.6 Å². The van der Waals surface area contributed by atoms with Crippen molar-refractivity contribution in [2.45, 2.75) is 6.04 Å². The Balaban J connectivity index is 1.75. The van der Waals surface area contributed by atoms with E-state index in [0.717, 1.165) is 18.9 Å². The normalized spacial score (nSPS) is 32.3. The lowest BCUT2D eigenvalue weighted by molar-refractivity contribution is 0.735. The van der Waals surface area contributed by atoms with E-state index in [0.29, 0.717) is 23.4 Å². The molecule has 3 rings (SSSR count). The summed E-state index contributed by atoms with van der Waals surface area (Å²) in [4.78, 5) is 6.52. The molecular weight excluding hydrogens is 188 g/mol. The molecule has 1 unspecified atom stereocenters. The van der Waals surface area contributed by atoms with Crippen molar-refractivity contribution in [1.82, 2.24) is 4.98 Å². The van der Waals surface area contributed by atoms with Gasteiger partial charge in [-0.25, -0.2) is 4.98 Å². The fourth-order valence-electron chi connectivity index (χ4n) is 2.40. The first-order valence-electron chi connectivity index (χ1n) is 5.16. The lowest BCUT2D eigenvalue weighted by Gasteiger charge is -2.19. The van der Waals surface area contributed by atoms with Crippen LogP contribution < -0.4 is 10.6 Å². The molecule has 4 heteroatoms. The van der Waals surface area contributed by atoms with Crippen LogP contribution in [0.3, 0.4) is 0 Å². The molecule has 1 aromatic rings. The second kappa shape index (κ2) is 2.94. The van der Waals surface area contributed by atoms with Gasteiger partial charge in [0.15, 0.2) is 0 Å². The molecule has 4 nitrogen and oxygen atoms in total. The number of pyridine rings is 1. The smallest absolute Gasteiger partial charge is 0.128 e. The van der Waals surface area contributed by atoms with E-state index in [2.05, 4.69) is 16.0 Å². The summed E-state index contributed by atoms with van der Waals surface area (Å²) >= 11 is 0. The molecule has 2 N–H and O–H groups in total. The lowest BCUT2D eigenvalue weighted by Crippen LogP contribution is -2.28. The third-order valence-electron chi connectivity index (χ3n) is 3.46. The van der Waals surface area contributed by atoms with Crippen molar-refractivity contribution < 1.29 is 0 Å². The molecule has 2 fully saturated rings. The molecule has 2 aliphatic rings. The van der Waals surface area contributed by atoms with Gasteiger partial charge in [0, 0.05) is 25.3 Å². The van der Waals surface area contributed by atoms with E-state index >= 15 is 0 Å². The van der Waals surface area contributed by atoms with Crippen LogP contribution in [0.2, 0.25) is 0 Å². The maximum Gasteiger partial charge on any atom is 0.128 e. The fraction of sp³-hybridized carbons (Fsp3) is 0.455. The highest BCUT2D eigenvalue weighted by atomic mass is 15.2. The summed E-state index contributed by atoms with van der Waals surface area (Å²) in [5.41, 5.74) is 6.48. The van der Waals surface area contributed by atoms with Crippen LogP contribution in [0.25, 0.3) is 0 Å². The summed E-state index contributed by atoms with van der Waals surface area (Å²) in [5.74, 6) is 2.30. The van der Waals surface area contributed by atoms with Crippen LogP contribution in [0.4, 0.5) is 5.82 Å². The number of fused-ring (bicyclic) bond motifs is 1. The molecule has 2 heterocycles. The molecule has 76 valence electrons. The molecule has 1 saturated heterocycles. The van der Waals surface area contributed by atoms with Crippen LogP contribution in [0, 0.1) is 23.2 Å². The number of hydrogen-bond acceptors (Lipinski definition) is 4. The highest BCUT2D eigenvalue weighted by Crippen LogP contribution is 2.44. The fourth-order valence-corrected chi connectivity index (χ4v) is 2.40. The van der Waals surface area contributed by atoms with Gasteiger partial charge in [-0.05, 0) is 24.0 Å². The van der Waals surface area contributed by atoms with Gasteiger partial charge in [0.2, 0.25) is 0 Å². The standard InChI is InChI=1S/C11H12N4/c12-3-7-1-2-10(14-4-7)15-5-8-9(6-15)11(8)13/h1-2,4,8-9,11H,5-6,13H2/t8-,9?,11-/m0/s1. The van der Waals surface area contributed by atoms with E-state index in [9.17, 15) is 0 Å². The van der Waals surface area contributed by atoms with Gasteiger partial charge in [0.1, 0.15) is 11.9 Å². The zero-order chi connectivity index (χ0) is 10.4. The number of nitriles is 1. The highest BCUT2D eigenvalue weighted by molar-refractivity contribution is 5.45. The van der Waals surface area contributed by atoms with E-state index in [4.69, 9.17) is 11.0 Å². The van der Waals surface area contributed by atoms with E-state index in [-0.39, 0.29) is 0 Å². The number of nitrogens with two attached hydrogens (primary N) is 1. The third-order valence-corrected chi connectivity index (χ3v) is 3.46. The number of anilines is 1. The van der Waals surface area contributed by atoms with Gasteiger partial charge in [-0.15, -0.1) is 0 Å². The zero-order valence-electron chi connectivity index (χ0n) is 8.30. The van der Waals surface area contributed by atoms with Crippen molar-refractivity contribution in [3.63, 3.8) is 0 Å². The number of hydrogen-bond donors (Lipinski definition) is 1. The second-order valence-corrected chi connectivity index (χ2v) is 4.33. The van der Waals surface area contributed by atoms with Crippen LogP contribution >= 0.6 is 0 Å². The van der Waals surface area contributed by atoms with Gasteiger partial charge in [-0.1, -0.05) is 0 Å². The quantitative estimate of drug-likeness (QED) is 0.710. The minimum atomic E-state index is 0.416. The topological polar surface area (TPSA) is 65.9 Å². The average Bonchev–Trinajstić information content (AvgIpc) is 2.74. The van der Waals surface area contributed by atoms with Gasteiger partial charge >= 0.3 is 0 Å². The molecule has 1 aromatic heterocycles. The lowest BCUT2D eigenvalue weighted by atomic mass is 10.3. The third kappa shape index (κ3) is 1.28. The molecule has 0 aromatic carbocycles. The summed E-state index contributed by atoms with van der Waals surface area (Å²) in [6.07, 6.45) is 1.62. The molecule has 0 amide bonds. The van der Waals surface area contributed by atoms with E-state index in [1.165, 1.54) is 0 Å². The van der Waals surface area contributed by atoms with Crippen LogP contribution in [0.1, 0.15) is 5.56 Å². The Kier molecular flexibility index (Phi) is 1.70. The minimum absolute atomic E-state index is 0.416. The Hall–Kier alpha value is -1.60. The summed E-state index contributed by atoms with van der Waals surface area (Å²) in [5, 5.41) is 8.66. The largest absolute Gasteiger partial charge is 0.356 e. The number of aromatic nitrogens is 1. The number of rotatable bonds is 1. The monoisotopic (exact) mass is 200 g/mol. The minimum Gasteiger partial charge on any atom is -0.356 e. The second-order valence-electron chi connectivity index (χ2n) is 4.33. The maximum atomic E-state index is 8.66. The van der Waals surface area contributed by atoms with E-state index < -0.39 is 0 Å². The molecule has 0 spiro atoms. The van der Waals surface area contributed by atoms with Gasteiger partial charge in [0.05, 0.1) is 5.56 Å². The molecule has 1 aliphatic carbocycles. The van der Waals surface area contributed by atoms with Crippen molar-refractivity contribution in [2.75, 3.05) is 18.0 Å². The van der Waals surface area contributed by atoms with Gasteiger partial charge in [0.25, 0.3) is 0 Å². The van der Waals surface area contributed by atoms with E-state index in [1.54, 1.807) is 6.20 Å². The van der Waals surface area contributed by atoms with Gasteiger partial charge in [-0.3, -0.25) is 0 Å². The zero-order valence-corrected chi connectivity index (χ0v) is 8.30. The first kappa shape index (κ1) is 8.69. The Morgan fingerprint density at radius 2 is 2.13 bits per heavy atom. The van der Waals surface area contributed by atoms with Crippen molar-refractivity contribution in [3.8, 4) is 6.07 Å². The Bertz CT molecular complexity index is 407. The molecule has 0 bridgehead atoms. The first-order chi connectivity index (χ1) is 7.29. The summed E-state index contributed by atoms with van der Waals surface area (Å²) < 4.78 is 0. The average molecular weight is 200 g/mol.